The van der Waals surface area contributed by atoms with Crippen LogP contribution in [0.2, 0.25) is 10.0 Å². The Morgan fingerprint density at radius 2 is 1.76 bits per heavy atom. The van der Waals surface area contributed by atoms with E-state index in [9.17, 15) is 18.0 Å². The molecule has 1 saturated heterocycles. The van der Waals surface area contributed by atoms with Crippen molar-refractivity contribution >= 4 is 87.0 Å². The molecule has 0 spiro atoms. The highest BCUT2D eigenvalue weighted by Gasteiger charge is 2.40. The first-order valence-electron chi connectivity index (χ1n) is 15.5. The van der Waals surface area contributed by atoms with Gasteiger partial charge in [0, 0.05) is 41.3 Å². The number of pyridine rings is 1. The fourth-order valence-corrected chi connectivity index (χ4v) is 8.11. The number of hydrazone groups is 1. The summed E-state index contributed by atoms with van der Waals surface area (Å²) in [4.78, 5) is 29.8. The zero-order valence-corrected chi connectivity index (χ0v) is 31.7. The van der Waals surface area contributed by atoms with Crippen molar-refractivity contribution in [2.24, 2.45) is 10.9 Å². The third-order valence-electron chi connectivity index (χ3n) is 7.97. The third-order valence-corrected chi connectivity index (χ3v) is 10.8. The van der Waals surface area contributed by atoms with Crippen LogP contribution in [0.3, 0.4) is 0 Å². The molecule has 4 N–H and O–H groups in total. The summed E-state index contributed by atoms with van der Waals surface area (Å²) < 4.78 is 40.5. The summed E-state index contributed by atoms with van der Waals surface area (Å²) in [5.74, 6) is 5.27. The molecule has 0 saturated carbocycles. The summed E-state index contributed by atoms with van der Waals surface area (Å²) in [6, 6.07) is 16.3. The predicted octanol–water partition coefficient (Wildman–Crippen LogP) is 5.34. The first kappa shape index (κ1) is 41.6. The monoisotopic (exact) mass is 798 g/mol. The minimum Gasteiger partial charge on any atom is -0.487 e. The van der Waals surface area contributed by atoms with Crippen LogP contribution in [-0.2, 0) is 26.2 Å². The number of para-hydroxylation sites is 1. The van der Waals surface area contributed by atoms with Crippen LogP contribution < -0.4 is 25.9 Å². The topological polar surface area (TPSA) is 165 Å². The van der Waals surface area contributed by atoms with Crippen LogP contribution in [0.25, 0.3) is 10.9 Å². The first-order chi connectivity index (χ1) is 23.5. The molecular formula is C34H38Cl4N6O6S. The van der Waals surface area contributed by atoms with Crippen molar-refractivity contribution in [2.45, 2.75) is 44.2 Å². The maximum atomic E-state index is 13.9. The van der Waals surface area contributed by atoms with Crippen molar-refractivity contribution in [2.75, 3.05) is 26.2 Å². The molecule has 1 aromatic heterocycles. The van der Waals surface area contributed by atoms with E-state index in [2.05, 4.69) is 20.7 Å². The summed E-state index contributed by atoms with van der Waals surface area (Å²) in [6.07, 6.45) is 2.30. The van der Waals surface area contributed by atoms with E-state index in [1.807, 2.05) is 32.0 Å². The van der Waals surface area contributed by atoms with E-state index >= 15 is 0 Å². The van der Waals surface area contributed by atoms with Crippen LogP contribution in [0.1, 0.15) is 35.2 Å². The number of hydrogen-bond acceptors (Lipinski definition) is 9. The maximum Gasteiger partial charge on any atom is 0.258 e. The molecule has 5 rings (SSSR count). The average molecular weight is 801 g/mol. The molecule has 0 aliphatic carbocycles. The molecule has 2 heterocycles. The summed E-state index contributed by atoms with van der Waals surface area (Å²) in [6.45, 7) is 3.91. The lowest BCUT2D eigenvalue weighted by Gasteiger charge is -2.24. The fourth-order valence-electron chi connectivity index (χ4n) is 5.59. The number of carbonyl (C=O) groups is 2. The number of sulfonamides is 1. The Balaban J connectivity index is 0.00000351. The van der Waals surface area contributed by atoms with Crippen LogP contribution in [0, 0.1) is 13.8 Å². The van der Waals surface area contributed by atoms with Crippen molar-refractivity contribution < 1.29 is 27.5 Å². The van der Waals surface area contributed by atoms with Gasteiger partial charge in [-0.1, -0.05) is 35.3 Å². The lowest BCUT2D eigenvalue weighted by Crippen LogP contribution is -2.47. The van der Waals surface area contributed by atoms with Gasteiger partial charge in [-0.2, -0.15) is 9.41 Å². The number of aryl methyl sites for hydroxylation is 2. The van der Waals surface area contributed by atoms with Gasteiger partial charge < -0.3 is 25.9 Å². The van der Waals surface area contributed by atoms with E-state index in [1.54, 1.807) is 30.3 Å². The highest BCUT2D eigenvalue weighted by molar-refractivity contribution is 7.89. The van der Waals surface area contributed by atoms with E-state index in [-0.39, 0.29) is 78.5 Å². The Bertz CT molecular complexity index is 2000. The van der Waals surface area contributed by atoms with E-state index in [0.717, 1.165) is 26.5 Å². The summed E-state index contributed by atoms with van der Waals surface area (Å²) in [5.41, 5.74) is 3.64. The second kappa shape index (κ2) is 18.6. The normalized spacial score (nSPS) is 14.5. The van der Waals surface area contributed by atoms with Crippen LogP contribution >= 0.6 is 48.0 Å². The van der Waals surface area contributed by atoms with Crippen LogP contribution in [0.4, 0.5) is 0 Å². The molecule has 1 aliphatic rings. The number of carbonyl (C=O) groups excluding carboxylic acids is 2. The van der Waals surface area contributed by atoms with Gasteiger partial charge in [0.05, 0.1) is 11.2 Å². The molecule has 0 radical (unpaired) electrons. The molecule has 4 aromatic rings. The Labute approximate surface area is 318 Å². The standard InChI is InChI=1S/C34H36Cl2N6O6S.2ClH/c1-21-17-22(2)41-33-25(21)5-3-7-29(33)48-19-26-27(35)12-13-30(32(26)36)49(45,46)42-16-4-6-28(42)34(44)39-15-14-38-31(43)20-47-24-10-8-23(9-11-24)18-40-37;;/h3,5,7-13,17-18,28H,4,6,14-16,19-20,37H2,1-2H3,(H,38,43)(H,39,44);2*1H/t28-;;/m0../s1. The average Bonchev–Trinajstić information content (AvgIpc) is 3.58. The lowest BCUT2D eigenvalue weighted by molar-refractivity contribution is -0.125. The minimum absolute atomic E-state index is 0. The number of nitrogens with one attached hydrogen (secondary N) is 2. The number of nitrogens with zero attached hydrogens (tertiary/aromatic N) is 3. The molecule has 1 fully saturated rings. The molecule has 274 valence electrons. The molecule has 51 heavy (non-hydrogen) atoms. The van der Waals surface area contributed by atoms with Gasteiger partial charge in [0.1, 0.15) is 34.6 Å². The molecule has 0 bridgehead atoms. The van der Waals surface area contributed by atoms with Crippen molar-refractivity contribution in [3.8, 4) is 11.5 Å². The number of nitrogens with two attached hydrogens (primary N) is 1. The number of hydrogen-bond donors (Lipinski definition) is 3. The molecule has 1 atom stereocenters. The Morgan fingerprint density at radius 3 is 2.49 bits per heavy atom. The lowest BCUT2D eigenvalue weighted by atomic mass is 10.1. The van der Waals surface area contributed by atoms with E-state index in [1.165, 1.54) is 18.3 Å². The zero-order valence-electron chi connectivity index (χ0n) is 27.7. The molecule has 17 heteroatoms. The number of ether oxygens (including phenoxy) is 2. The number of halogens is 4. The SMILES string of the molecule is Cc1cc(C)c2cccc(OCc3c(Cl)ccc(S(=O)(=O)N4CCC[C@H]4C(=O)NCCNC(=O)COc4ccc(C=NN)cc4)c3Cl)c2n1.Cl.Cl. The second-order valence-electron chi connectivity index (χ2n) is 11.4. The predicted molar refractivity (Wildman–Crippen MR) is 203 cm³/mol. The zero-order chi connectivity index (χ0) is 35.1. The highest BCUT2D eigenvalue weighted by atomic mass is 35.5. The van der Waals surface area contributed by atoms with Gasteiger partial charge in [-0.15, -0.1) is 24.8 Å². The van der Waals surface area contributed by atoms with Gasteiger partial charge in [-0.05, 0) is 86.3 Å². The van der Waals surface area contributed by atoms with E-state index < -0.39 is 22.0 Å². The van der Waals surface area contributed by atoms with Gasteiger partial charge in [-0.3, -0.25) is 9.59 Å². The first-order valence-corrected chi connectivity index (χ1v) is 17.7. The Kier molecular flexibility index (Phi) is 15.1. The number of aromatic nitrogens is 1. The van der Waals surface area contributed by atoms with Crippen LogP contribution in [0.15, 0.2) is 70.7 Å². The van der Waals surface area contributed by atoms with Crippen LogP contribution in [-0.4, -0.2) is 68.0 Å². The van der Waals surface area contributed by atoms with Gasteiger partial charge in [0.15, 0.2) is 6.61 Å². The maximum absolute atomic E-state index is 13.9. The van der Waals surface area contributed by atoms with Gasteiger partial charge in [0.25, 0.3) is 5.91 Å². The van der Waals surface area contributed by atoms with Crippen molar-refractivity contribution in [1.29, 1.82) is 0 Å². The highest BCUT2D eigenvalue weighted by Crippen LogP contribution is 2.36. The van der Waals surface area contributed by atoms with Crippen molar-refractivity contribution in [3.63, 3.8) is 0 Å². The Morgan fingerprint density at radius 1 is 1.04 bits per heavy atom. The second-order valence-corrected chi connectivity index (χ2v) is 14.1. The fraction of sp³-hybridized carbons (Fsp3) is 0.294. The quantitative estimate of drug-likeness (QED) is 0.0706. The van der Waals surface area contributed by atoms with Crippen molar-refractivity contribution in [3.05, 3.63) is 93.1 Å². The third kappa shape index (κ3) is 9.94. The molecule has 12 nitrogen and oxygen atoms in total. The van der Waals surface area contributed by atoms with Crippen molar-refractivity contribution in [1.82, 2.24) is 19.9 Å². The molecule has 0 unspecified atom stereocenters. The Hall–Kier alpha value is -3.85. The van der Waals surface area contributed by atoms with Gasteiger partial charge in [0.2, 0.25) is 15.9 Å². The molecule has 3 aromatic carbocycles. The largest absolute Gasteiger partial charge is 0.487 e. The van der Waals surface area contributed by atoms with E-state index in [0.29, 0.717) is 35.4 Å². The molecular weight excluding hydrogens is 762 g/mol. The van der Waals surface area contributed by atoms with Gasteiger partial charge in [-0.25, -0.2) is 13.4 Å². The van der Waals surface area contributed by atoms with E-state index in [4.69, 9.17) is 38.5 Å². The minimum atomic E-state index is -4.20. The summed E-state index contributed by atoms with van der Waals surface area (Å²) in [7, 11) is -4.20. The molecule has 1 aliphatic heterocycles. The number of fused-ring (bicyclic) bond motifs is 1. The summed E-state index contributed by atoms with van der Waals surface area (Å²) in [5, 5.41) is 9.92. The van der Waals surface area contributed by atoms with Gasteiger partial charge >= 0.3 is 0 Å². The smallest absolute Gasteiger partial charge is 0.258 e. The number of amides is 2. The molecule has 2 amide bonds. The number of benzene rings is 3. The summed E-state index contributed by atoms with van der Waals surface area (Å²) >= 11 is 13.2. The number of rotatable bonds is 13. The van der Waals surface area contributed by atoms with Crippen LogP contribution in [0.5, 0.6) is 11.5 Å².